The Morgan fingerprint density at radius 1 is 1.32 bits per heavy atom. The third kappa shape index (κ3) is 2.22. The lowest BCUT2D eigenvalue weighted by Gasteiger charge is -2.04. The number of fused-ring (bicyclic) bond motifs is 1. The summed E-state index contributed by atoms with van der Waals surface area (Å²) >= 11 is 5.94. The van der Waals surface area contributed by atoms with Crippen LogP contribution in [0.15, 0.2) is 24.7 Å². The van der Waals surface area contributed by atoms with Crippen LogP contribution in [0, 0.1) is 6.92 Å². The SMILES string of the molecule is Cc1nc(N)c2ncn(Cc3cc(Cl)ccn3)c2n1. The third-order valence-electron chi connectivity index (χ3n) is 2.71. The Kier molecular flexibility index (Phi) is 2.79. The van der Waals surface area contributed by atoms with Gasteiger partial charge in [-0.15, -0.1) is 0 Å². The van der Waals surface area contributed by atoms with Crippen LogP contribution in [-0.4, -0.2) is 24.5 Å². The average Bonchev–Trinajstić information content (AvgIpc) is 2.73. The summed E-state index contributed by atoms with van der Waals surface area (Å²) in [5.41, 5.74) is 7.96. The fourth-order valence-corrected chi connectivity index (χ4v) is 2.09. The quantitative estimate of drug-likeness (QED) is 0.771. The fourth-order valence-electron chi connectivity index (χ4n) is 1.90. The van der Waals surface area contributed by atoms with Crippen LogP contribution in [0.3, 0.4) is 0 Å². The zero-order valence-corrected chi connectivity index (χ0v) is 11.0. The van der Waals surface area contributed by atoms with E-state index in [2.05, 4.69) is 19.9 Å². The first-order valence-corrected chi connectivity index (χ1v) is 6.06. The minimum Gasteiger partial charge on any atom is -0.382 e. The number of hydrogen-bond acceptors (Lipinski definition) is 5. The van der Waals surface area contributed by atoms with Crippen LogP contribution in [0.2, 0.25) is 5.02 Å². The zero-order valence-electron chi connectivity index (χ0n) is 10.2. The second-order valence-corrected chi connectivity index (χ2v) is 4.60. The molecule has 3 aromatic heterocycles. The first-order valence-electron chi connectivity index (χ1n) is 5.69. The highest BCUT2D eigenvalue weighted by Gasteiger charge is 2.10. The Morgan fingerprint density at radius 3 is 2.95 bits per heavy atom. The Balaban J connectivity index is 2.06. The molecule has 0 fully saturated rings. The zero-order chi connectivity index (χ0) is 13.4. The first-order chi connectivity index (χ1) is 9.13. The molecule has 0 aliphatic carbocycles. The Labute approximate surface area is 114 Å². The Hall–Kier alpha value is -2.21. The van der Waals surface area contributed by atoms with E-state index in [1.165, 1.54) is 0 Å². The molecule has 0 atom stereocenters. The fraction of sp³-hybridized carbons (Fsp3) is 0.167. The van der Waals surface area contributed by atoms with E-state index in [4.69, 9.17) is 17.3 Å². The van der Waals surface area contributed by atoms with Gasteiger partial charge in [-0.25, -0.2) is 15.0 Å². The average molecular weight is 275 g/mol. The van der Waals surface area contributed by atoms with E-state index in [-0.39, 0.29) is 0 Å². The second kappa shape index (κ2) is 4.47. The smallest absolute Gasteiger partial charge is 0.166 e. The molecule has 0 saturated carbocycles. The molecule has 0 aliphatic heterocycles. The van der Waals surface area contributed by atoms with Gasteiger partial charge in [-0.3, -0.25) is 4.98 Å². The van der Waals surface area contributed by atoms with Crippen molar-refractivity contribution in [1.82, 2.24) is 24.5 Å². The lowest BCUT2D eigenvalue weighted by molar-refractivity contribution is 0.786. The lowest BCUT2D eigenvalue weighted by Crippen LogP contribution is -2.03. The molecule has 2 N–H and O–H groups in total. The molecule has 3 heterocycles. The summed E-state index contributed by atoms with van der Waals surface area (Å²) < 4.78 is 1.87. The number of aromatic nitrogens is 5. The molecule has 0 saturated heterocycles. The van der Waals surface area contributed by atoms with Crippen molar-refractivity contribution in [1.29, 1.82) is 0 Å². The van der Waals surface area contributed by atoms with Gasteiger partial charge in [-0.2, -0.15) is 0 Å². The van der Waals surface area contributed by atoms with Crippen LogP contribution < -0.4 is 5.73 Å². The molecule has 0 amide bonds. The van der Waals surface area contributed by atoms with Gasteiger partial charge in [0.25, 0.3) is 0 Å². The van der Waals surface area contributed by atoms with Crippen LogP contribution in [-0.2, 0) is 6.54 Å². The lowest BCUT2D eigenvalue weighted by atomic mass is 10.3. The van der Waals surface area contributed by atoms with Gasteiger partial charge in [0, 0.05) is 11.2 Å². The molecule has 96 valence electrons. The van der Waals surface area contributed by atoms with Gasteiger partial charge in [-0.1, -0.05) is 11.6 Å². The summed E-state index contributed by atoms with van der Waals surface area (Å²) in [6, 6.07) is 3.55. The van der Waals surface area contributed by atoms with Crippen LogP contribution in [0.4, 0.5) is 5.82 Å². The van der Waals surface area contributed by atoms with Crippen molar-refractivity contribution >= 4 is 28.6 Å². The van der Waals surface area contributed by atoms with Crippen molar-refractivity contribution in [2.75, 3.05) is 5.73 Å². The number of nitrogen functional groups attached to an aromatic ring is 1. The molecular weight excluding hydrogens is 264 g/mol. The van der Waals surface area contributed by atoms with Gasteiger partial charge < -0.3 is 10.3 Å². The highest BCUT2D eigenvalue weighted by Crippen LogP contribution is 2.17. The number of pyridine rings is 1. The maximum atomic E-state index is 5.94. The van der Waals surface area contributed by atoms with Crippen molar-refractivity contribution in [3.05, 3.63) is 41.2 Å². The van der Waals surface area contributed by atoms with Crippen LogP contribution in [0.25, 0.3) is 11.2 Å². The molecule has 3 rings (SSSR count). The van der Waals surface area contributed by atoms with Gasteiger partial charge in [0.1, 0.15) is 11.3 Å². The standard InChI is InChI=1S/C12H11ClN6/c1-7-17-11(14)10-12(18-7)19(6-16-10)5-9-4-8(13)2-3-15-9/h2-4,6H,5H2,1H3,(H2,14,17,18). The molecule has 0 aromatic carbocycles. The first kappa shape index (κ1) is 11.9. The van der Waals surface area contributed by atoms with Crippen molar-refractivity contribution in [3.63, 3.8) is 0 Å². The predicted molar refractivity (Wildman–Crippen MR) is 72.8 cm³/mol. The van der Waals surface area contributed by atoms with Crippen LogP contribution >= 0.6 is 11.6 Å². The summed E-state index contributed by atoms with van der Waals surface area (Å²) in [5, 5.41) is 0.653. The molecule has 3 aromatic rings. The highest BCUT2D eigenvalue weighted by atomic mass is 35.5. The van der Waals surface area contributed by atoms with E-state index in [9.17, 15) is 0 Å². The molecular formula is C12H11ClN6. The number of halogens is 1. The van der Waals surface area contributed by atoms with Crippen molar-refractivity contribution in [2.45, 2.75) is 13.5 Å². The Bertz CT molecular complexity index is 751. The normalized spacial score (nSPS) is 11.1. The summed E-state index contributed by atoms with van der Waals surface area (Å²) in [5.74, 6) is 1.01. The monoisotopic (exact) mass is 274 g/mol. The van der Waals surface area contributed by atoms with Crippen molar-refractivity contribution < 1.29 is 0 Å². The van der Waals surface area contributed by atoms with E-state index in [0.717, 1.165) is 5.69 Å². The van der Waals surface area contributed by atoms with Gasteiger partial charge in [0.05, 0.1) is 18.6 Å². The summed E-state index contributed by atoms with van der Waals surface area (Å²) in [7, 11) is 0. The topological polar surface area (TPSA) is 82.5 Å². The molecule has 0 spiro atoms. The van der Waals surface area contributed by atoms with Crippen LogP contribution in [0.5, 0.6) is 0 Å². The largest absolute Gasteiger partial charge is 0.382 e. The number of rotatable bonds is 2. The summed E-state index contributed by atoms with van der Waals surface area (Å²) in [4.78, 5) is 16.9. The van der Waals surface area contributed by atoms with E-state index in [0.29, 0.717) is 34.4 Å². The molecule has 7 heteroatoms. The van der Waals surface area contributed by atoms with E-state index >= 15 is 0 Å². The Morgan fingerprint density at radius 2 is 2.16 bits per heavy atom. The van der Waals surface area contributed by atoms with Gasteiger partial charge in [0.2, 0.25) is 0 Å². The molecule has 0 radical (unpaired) electrons. The number of nitrogens with zero attached hydrogens (tertiary/aromatic N) is 5. The molecule has 6 nitrogen and oxygen atoms in total. The number of anilines is 1. The molecule has 19 heavy (non-hydrogen) atoms. The van der Waals surface area contributed by atoms with Crippen molar-refractivity contribution in [3.8, 4) is 0 Å². The maximum absolute atomic E-state index is 5.94. The van der Waals surface area contributed by atoms with Crippen molar-refractivity contribution in [2.24, 2.45) is 0 Å². The minimum absolute atomic E-state index is 0.389. The van der Waals surface area contributed by atoms with Gasteiger partial charge in [-0.05, 0) is 19.1 Å². The highest BCUT2D eigenvalue weighted by molar-refractivity contribution is 6.30. The van der Waals surface area contributed by atoms with E-state index in [1.54, 1.807) is 25.5 Å². The van der Waals surface area contributed by atoms with Gasteiger partial charge in [0.15, 0.2) is 11.5 Å². The third-order valence-corrected chi connectivity index (χ3v) is 2.95. The van der Waals surface area contributed by atoms with Crippen LogP contribution in [0.1, 0.15) is 11.5 Å². The number of imidazole rings is 1. The minimum atomic E-state index is 0.389. The van der Waals surface area contributed by atoms with Gasteiger partial charge >= 0.3 is 0 Å². The number of nitrogens with two attached hydrogens (primary N) is 1. The maximum Gasteiger partial charge on any atom is 0.166 e. The summed E-state index contributed by atoms with van der Waals surface area (Å²) in [6.45, 7) is 2.33. The molecule has 0 bridgehead atoms. The number of hydrogen-bond donors (Lipinski definition) is 1. The molecule has 0 unspecified atom stereocenters. The second-order valence-electron chi connectivity index (χ2n) is 4.17. The molecule has 0 aliphatic rings. The summed E-state index contributed by atoms with van der Waals surface area (Å²) in [6.07, 6.45) is 3.35. The van der Waals surface area contributed by atoms with E-state index < -0.39 is 0 Å². The van der Waals surface area contributed by atoms with E-state index in [1.807, 2.05) is 10.6 Å². The predicted octanol–water partition coefficient (Wildman–Crippen LogP) is 1.81. The number of aryl methyl sites for hydroxylation is 1.